The van der Waals surface area contributed by atoms with Crippen LogP contribution in [0.4, 0.5) is 0 Å². The summed E-state index contributed by atoms with van der Waals surface area (Å²) < 4.78 is 6.68. The molecule has 0 aliphatic carbocycles. The largest absolute Gasteiger partial charge is 0.309 e. The van der Waals surface area contributed by atoms with E-state index in [0.717, 1.165) is 22.4 Å². The van der Waals surface area contributed by atoms with Crippen molar-refractivity contribution < 1.29 is 0 Å². The van der Waals surface area contributed by atoms with Gasteiger partial charge in [0.05, 0.1) is 22.1 Å². The van der Waals surface area contributed by atoms with E-state index in [2.05, 4.69) is 150 Å². The zero-order valence-electron chi connectivity index (χ0n) is 24.4. The lowest BCUT2D eigenvalue weighted by atomic mass is 10.1. The van der Waals surface area contributed by atoms with Gasteiger partial charge in [-0.3, -0.25) is 4.57 Å². The molecule has 5 nitrogen and oxygen atoms in total. The maximum atomic E-state index is 5.40. The fourth-order valence-electron chi connectivity index (χ4n) is 7.84. The molecule has 6 heteroatoms. The Labute approximate surface area is 254 Å². The van der Waals surface area contributed by atoms with E-state index >= 15 is 0 Å². The van der Waals surface area contributed by atoms with Crippen LogP contribution in [0.15, 0.2) is 128 Å². The third kappa shape index (κ3) is 2.93. The van der Waals surface area contributed by atoms with Gasteiger partial charge in [0, 0.05) is 33.4 Å². The first-order chi connectivity index (χ1) is 21.6. The molecule has 0 fully saturated rings. The minimum atomic E-state index is -1.97. The number of pyridine rings is 1. The molecule has 0 spiro atoms. The van der Waals surface area contributed by atoms with E-state index in [1.54, 1.807) is 0 Å². The second kappa shape index (κ2) is 8.33. The number of hydrogen-bond donors (Lipinski definition) is 0. The fraction of sp³-hybridized carbons (Fsp3) is 0.0526. The highest BCUT2D eigenvalue weighted by atomic mass is 28.3. The lowest BCUT2D eigenvalue weighted by Crippen LogP contribution is -2.50. The van der Waals surface area contributed by atoms with Crippen molar-refractivity contribution in [3.8, 4) is 22.8 Å². The Kier molecular flexibility index (Phi) is 4.55. The Morgan fingerprint density at radius 1 is 0.568 bits per heavy atom. The molecule has 0 bridgehead atoms. The van der Waals surface area contributed by atoms with E-state index in [0.29, 0.717) is 5.95 Å². The van der Waals surface area contributed by atoms with Crippen molar-refractivity contribution in [1.82, 2.24) is 23.7 Å². The van der Waals surface area contributed by atoms with E-state index in [1.807, 2.05) is 4.52 Å². The van der Waals surface area contributed by atoms with Gasteiger partial charge < -0.3 is 4.57 Å². The molecule has 4 aromatic heterocycles. The molecule has 10 rings (SSSR count). The average molecular weight is 582 g/mol. The van der Waals surface area contributed by atoms with Crippen LogP contribution in [0.25, 0.3) is 72.0 Å². The van der Waals surface area contributed by atoms with Gasteiger partial charge in [-0.1, -0.05) is 98.0 Å². The second-order valence-corrected chi connectivity index (χ2v) is 16.6. The van der Waals surface area contributed by atoms with Gasteiger partial charge in [0.1, 0.15) is 8.07 Å². The zero-order chi connectivity index (χ0) is 29.2. The predicted octanol–water partition coefficient (Wildman–Crippen LogP) is 7.73. The van der Waals surface area contributed by atoms with Crippen molar-refractivity contribution in [3.05, 3.63) is 128 Å². The second-order valence-electron chi connectivity index (χ2n) is 12.4. The molecule has 5 heterocycles. The van der Waals surface area contributed by atoms with Crippen molar-refractivity contribution in [2.45, 2.75) is 13.1 Å². The van der Waals surface area contributed by atoms with Gasteiger partial charge in [-0.05, 0) is 57.9 Å². The third-order valence-corrected chi connectivity index (χ3v) is 13.2. The molecule has 9 aromatic rings. The van der Waals surface area contributed by atoms with E-state index in [9.17, 15) is 0 Å². The average Bonchev–Trinajstić information content (AvgIpc) is 3.78. The van der Waals surface area contributed by atoms with Crippen molar-refractivity contribution in [2.24, 2.45) is 0 Å². The molecule has 0 saturated carbocycles. The smallest absolute Gasteiger partial charge is 0.254 e. The summed E-state index contributed by atoms with van der Waals surface area (Å²) in [6.45, 7) is 4.88. The van der Waals surface area contributed by atoms with E-state index in [-0.39, 0.29) is 0 Å². The topological polar surface area (TPSA) is 40.0 Å². The molecule has 5 aromatic carbocycles. The summed E-state index contributed by atoms with van der Waals surface area (Å²) in [7, 11) is -1.97. The molecule has 0 radical (unpaired) electrons. The minimum absolute atomic E-state index is 0.703. The number of aromatic nitrogens is 5. The standard InChI is InChI=1S/C38H27N5Si/c1-44(2)33-19-11-8-15-26(33)28-22-23-41-37(36(28)44)39-38(40-41)43-30-17-9-6-14-25(30)27-20-21-32-34(35(27)43)29-16-7-10-18-31(29)42(32)24-12-4-3-5-13-24/h3-23H,1-2H3. The zero-order valence-corrected chi connectivity index (χ0v) is 25.4. The normalized spacial score (nSPS) is 13.9. The summed E-state index contributed by atoms with van der Waals surface area (Å²) in [5.41, 5.74) is 9.37. The summed E-state index contributed by atoms with van der Waals surface area (Å²) >= 11 is 0. The highest BCUT2D eigenvalue weighted by molar-refractivity contribution is 7.04. The number of nitrogens with zero attached hydrogens (tertiary/aromatic N) is 5. The lowest BCUT2D eigenvalue weighted by molar-refractivity contribution is 0.918. The van der Waals surface area contributed by atoms with Gasteiger partial charge in [-0.2, -0.15) is 4.98 Å². The van der Waals surface area contributed by atoms with Gasteiger partial charge in [-0.15, -0.1) is 5.10 Å². The van der Waals surface area contributed by atoms with Gasteiger partial charge >= 0.3 is 0 Å². The van der Waals surface area contributed by atoms with Gasteiger partial charge in [0.15, 0.2) is 5.65 Å². The van der Waals surface area contributed by atoms with Crippen molar-refractivity contribution >= 4 is 67.7 Å². The summed E-state index contributed by atoms with van der Waals surface area (Å²) in [6, 6.07) is 43.7. The monoisotopic (exact) mass is 581 g/mol. The van der Waals surface area contributed by atoms with Crippen LogP contribution in [0.2, 0.25) is 13.1 Å². The first kappa shape index (κ1) is 24.0. The molecule has 0 amide bonds. The maximum Gasteiger partial charge on any atom is 0.254 e. The molecular formula is C38H27N5Si. The van der Waals surface area contributed by atoms with Crippen LogP contribution in [0, 0.1) is 0 Å². The van der Waals surface area contributed by atoms with Gasteiger partial charge in [0.2, 0.25) is 0 Å². The molecule has 0 saturated heterocycles. The van der Waals surface area contributed by atoms with E-state index < -0.39 is 8.07 Å². The highest BCUT2D eigenvalue weighted by Crippen LogP contribution is 2.41. The van der Waals surface area contributed by atoms with Crippen LogP contribution in [-0.2, 0) is 0 Å². The first-order valence-corrected chi connectivity index (χ1v) is 18.1. The van der Waals surface area contributed by atoms with Crippen LogP contribution in [0.1, 0.15) is 0 Å². The van der Waals surface area contributed by atoms with Gasteiger partial charge in [-0.25, -0.2) is 4.52 Å². The Hall–Kier alpha value is -5.46. The number of fused-ring (bicyclic) bond motifs is 12. The lowest BCUT2D eigenvalue weighted by Gasteiger charge is -2.18. The van der Waals surface area contributed by atoms with E-state index in [1.165, 1.54) is 54.1 Å². The van der Waals surface area contributed by atoms with E-state index in [4.69, 9.17) is 10.1 Å². The van der Waals surface area contributed by atoms with Crippen molar-refractivity contribution in [1.29, 1.82) is 0 Å². The van der Waals surface area contributed by atoms with Crippen LogP contribution in [-0.4, -0.2) is 31.8 Å². The third-order valence-electron chi connectivity index (χ3n) is 9.70. The van der Waals surface area contributed by atoms with Gasteiger partial charge in [0.25, 0.3) is 5.95 Å². The quantitative estimate of drug-likeness (QED) is 0.196. The van der Waals surface area contributed by atoms with Crippen LogP contribution in [0.5, 0.6) is 0 Å². The Balaban J connectivity index is 1.35. The first-order valence-electron chi connectivity index (χ1n) is 15.1. The number of benzene rings is 5. The fourth-order valence-corrected chi connectivity index (χ4v) is 11.1. The Morgan fingerprint density at radius 2 is 1.27 bits per heavy atom. The summed E-state index contributed by atoms with van der Waals surface area (Å²) in [6.07, 6.45) is 2.09. The molecule has 0 atom stereocenters. The summed E-state index contributed by atoms with van der Waals surface area (Å²) in [5, 5.41) is 12.9. The number of para-hydroxylation sites is 3. The van der Waals surface area contributed by atoms with Crippen molar-refractivity contribution in [2.75, 3.05) is 0 Å². The summed E-state index contributed by atoms with van der Waals surface area (Å²) in [4.78, 5) is 5.40. The number of rotatable bonds is 2. The van der Waals surface area contributed by atoms with Crippen LogP contribution >= 0.6 is 0 Å². The van der Waals surface area contributed by atoms with Crippen LogP contribution in [0.3, 0.4) is 0 Å². The molecule has 44 heavy (non-hydrogen) atoms. The molecule has 208 valence electrons. The SMILES string of the molecule is C[Si]1(C)c2ccccc2-c2ccn3nc(-n4c5ccccc5c5ccc6c(c7ccccc7n6-c6ccccc6)c54)nc3c21. The summed E-state index contributed by atoms with van der Waals surface area (Å²) in [5.74, 6) is 0.703. The molecule has 1 aliphatic rings. The van der Waals surface area contributed by atoms with Crippen molar-refractivity contribution in [3.63, 3.8) is 0 Å². The molecule has 0 unspecified atom stereocenters. The number of hydrogen-bond acceptors (Lipinski definition) is 2. The van der Waals surface area contributed by atoms with Crippen LogP contribution < -0.4 is 10.4 Å². The Bertz CT molecular complexity index is 2640. The minimum Gasteiger partial charge on any atom is -0.309 e. The molecule has 0 N–H and O–H groups in total. The Morgan fingerprint density at radius 3 is 2.11 bits per heavy atom. The molecular weight excluding hydrogens is 555 g/mol. The molecule has 1 aliphatic heterocycles. The highest BCUT2D eigenvalue weighted by Gasteiger charge is 2.40. The maximum absolute atomic E-state index is 5.40. The predicted molar refractivity (Wildman–Crippen MR) is 184 cm³/mol.